The largest absolute Gasteiger partial charge is 0.456 e. The second kappa shape index (κ2) is 10.4. The van der Waals surface area contributed by atoms with Crippen LogP contribution in [-0.4, -0.2) is 14.1 Å². The van der Waals surface area contributed by atoms with E-state index in [1.54, 1.807) is 0 Å². The number of furan rings is 1. The smallest absolute Gasteiger partial charge is 0.136 e. The van der Waals surface area contributed by atoms with Crippen LogP contribution < -0.4 is 0 Å². The van der Waals surface area contributed by atoms with E-state index in [0.717, 1.165) is 38.7 Å². The Morgan fingerprint density at radius 2 is 1.12 bits per heavy atom. The molecule has 0 N–H and O–H groups in total. The highest BCUT2D eigenvalue weighted by Gasteiger charge is 2.25. The molecule has 12 aromatic rings. The molecule has 7 aromatic carbocycles. The van der Waals surface area contributed by atoms with Gasteiger partial charge in [0.05, 0.1) is 11.0 Å². The fourth-order valence-corrected chi connectivity index (χ4v) is 9.77. The van der Waals surface area contributed by atoms with Gasteiger partial charge in [-0.05, 0) is 94.0 Å². The molecule has 0 aliphatic carbocycles. The maximum atomic E-state index is 6.45. The number of hydrogen-bond acceptors (Lipinski definition) is 3. The van der Waals surface area contributed by atoms with Crippen LogP contribution in [0.5, 0.6) is 0 Å². The van der Waals surface area contributed by atoms with Crippen molar-refractivity contribution in [2.45, 2.75) is 0 Å². The van der Waals surface area contributed by atoms with Crippen LogP contribution in [0, 0.1) is 0 Å². The summed E-state index contributed by atoms with van der Waals surface area (Å²) < 4.78 is 11.4. The molecular formula is C47H27N3OS. The van der Waals surface area contributed by atoms with Crippen LogP contribution in [0.25, 0.3) is 108 Å². The van der Waals surface area contributed by atoms with Crippen LogP contribution in [-0.2, 0) is 0 Å². The fraction of sp³-hybridized carbons (Fsp3) is 0. The summed E-state index contributed by atoms with van der Waals surface area (Å²) in [5.74, 6) is 0. The number of para-hydroxylation sites is 1. The van der Waals surface area contributed by atoms with Gasteiger partial charge in [0.1, 0.15) is 20.8 Å². The number of aromatic nitrogens is 3. The second-order valence-electron chi connectivity index (χ2n) is 13.6. The first-order valence-electron chi connectivity index (χ1n) is 17.5. The lowest BCUT2D eigenvalue weighted by molar-refractivity contribution is 0.669. The molecule has 12 rings (SSSR count). The van der Waals surface area contributed by atoms with Crippen molar-refractivity contribution in [1.29, 1.82) is 0 Å². The first kappa shape index (κ1) is 28.1. The first-order chi connectivity index (χ1) is 25.8. The van der Waals surface area contributed by atoms with E-state index in [1.165, 1.54) is 69.5 Å². The van der Waals surface area contributed by atoms with Crippen molar-refractivity contribution in [1.82, 2.24) is 14.1 Å². The molecule has 0 amide bonds. The Labute approximate surface area is 301 Å². The Kier molecular flexibility index (Phi) is 5.62. The van der Waals surface area contributed by atoms with Crippen molar-refractivity contribution in [3.05, 3.63) is 164 Å². The standard InChI is InChI=1S/C47H27N3OS/c1-3-9-28(10-4-1)31-15-17-36-40(23-31)50(35-16-18-42-38(26-35)37-21-29-11-7-8-12-30(29)25-43(37)51-42)46-44(36)45-39-22-33-27-48-20-19-32(33)24-41(39)49(47(45)52-46)34-13-5-2-6-14-34/h1-27H. The fourth-order valence-electron chi connectivity index (χ4n) is 8.37. The first-order valence-corrected chi connectivity index (χ1v) is 18.3. The topological polar surface area (TPSA) is 35.9 Å². The van der Waals surface area contributed by atoms with Gasteiger partial charge in [-0.25, -0.2) is 0 Å². The molecule has 0 saturated carbocycles. The second-order valence-corrected chi connectivity index (χ2v) is 14.6. The molecule has 5 heterocycles. The van der Waals surface area contributed by atoms with Crippen LogP contribution in [0.2, 0.25) is 0 Å². The van der Waals surface area contributed by atoms with Crippen LogP contribution in [0.4, 0.5) is 0 Å². The summed E-state index contributed by atoms with van der Waals surface area (Å²) >= 11 is 1.86. The number of fused-ring (bicyclic) bond motifs is 12. The predicted molar refractivity (Wildman–Crippen MR) is 219 cm³/mol. The van der Waals surface area contributed by atoms with Gasteiger partial charge in [0, 0.05) is 61.5 Å². The van der Waals surface area contributed by atoms with Gasteiger partial charge >= 0.3 is 0 Å². The van der Waals surface area contributed by atoms with Crippen molar-refractivity contribution < 1.29 is 4.42 Å². The average Bonchev–Trinajstić information content (AvgIpc) is 3.92. The highest BCUT2D eigenvalue weighted by atomic mass is 32.1. The summed E-state index contributed by atoms with van der Waals surface area (Å²) in [6.07, 6.45) is 3.86. The Morgan fingerprint density at radius 3 is 1.96 bits per heavy atom. The molecule has 0 spiro atoms. The lowest BCUT2D eigenvalue weighted by Gasteiger charge is -2.10. The summed E-state index contributed by atoms with van der Waals surface area (Å²) in [6, 6.07) is 54.8. The Balaban J connectivity index is 1.23. The minimum Gasteiger partial charge on any atom is -0.456 e. The van der Waals surface area contributed by atoms with E-state index in [2.05, 4.69) is 166 Å². The number of hydrogen-bond donors (Lipinski definition) is 0. The van der Waals surface area contributed by atoms with Crippen LogP contribution in [0.1, 0.15) is 0 Å². The highest BCUT2D eigenvalue weighted by molar-refractivity contribution is 7.25. The Hall–Kier alpha value is -6.69. The number of nitrogens with zero attached hydrogens (tertiary/aromatic N) is 3. The zero-order valence-electron chi connectivity index (χ0n) is 27.7. The van der Waals surface area contributed by atoms with E-state index in [9.17, 15) is 0 Å². The minimum atomic E-state index is 0.894. The zero-order chi connectivity index (χ0) is 33.9. The third-order valence-corrected chi connectivity index (χ3v) is 11.9. The molecule has 0 bridgehead atoms. The quantitative estimate of drug-likeness (QED) is 0.186. The molecule has 0 aliphatic heterocycles. The van der Waals surface area contributed by atoms with Crippen molar-refractivity contribution in [2.24, 2.45) is 0 Å². The number of pyridine rings is 1. The van der Waals surface area contributed by atoms with Crippen LogP contribution in [0.3, 0.4) is 0 Å². The minimum absolute atomic E-state index is 0.894. The SMILES string of the molecule is c1ccc(-c2ccc3c4c5c6cc7cnccc7cc6n(-c6ccccc6)c5sc4n(-c4ccc5oc6cc7ccccc7cc6c5c4)c3c2)cc1. The third kappa shape index (κ3) is 3.88. The van der Waals surface area contributed by atoms with Crippen molar-refractivity contribution in [3.8, 4) is 22.5 Å². The summed E-state index contributed by atoms with van der Waals surface area (Å²) in [5, 5.41) is 12.0. The number of benzene rings is 7. The van der Waals surface area contributed by atoms with Gasteiger partial charge in [0.15, 0.2) is 0 Å². The van der Waals surface area contributed by atoms with E-state index in [4.69, 9.17) is 4.42 Å². The molecule has 4 nitrogen and oxygen atoms in total. The van der Waals surface area contributed by atoms with E-state index < -0.39 is 0 Å². The van der Waals surface area contributed by atoms with E-state index in [-0.39, 0.29) is 0 Å². The Bertz CT molecular complexity index is 3400. The molecule has 0 atom stereocenters. The van der Waals surface area contributed by atoms with Gasteiger partial charge in [-0.3, -0.25) is 4.98 Å². The predicted octanol–water partition coefficient (Wildman–Crippen LogP) is 13.2. The van der Waals surface area contributed by atoms with Gasteiger partial charge in [-0.15, -0.1) is 0 Å². The zero-order valence-corrected chi connectivity index (χ0v) is 28.6. The number of thiophene rings is 1. The maximum Gasteiger partial charge on any atom is 0.136 e. The summed E-state index contributed by atoms with van der Waals surface area (Å²) in [5.41, 5.74) is 8.85. The highest BCUT2D eigenvalue weighted by Crippen LogP contribution is 2.49. The molecule has 0 saturated heterocycles. The Morgan fingerprint density at radius 1 is 0.442 bits per heavy atom. The van der Waals surface area contributed by atoms with Crippen LogP contribution in [0.15, 0.2) is 168 Å². The lowest BCUT2D eigenvalue weighted by Crippen LogP contribution is -1.94. The van der Waals surface area contributed by atoms with Crippen molar-refractivity contribution in [3.63, 3.8) is 0 Å². The lowest BCUT2D eigenvalue weighted by atomic mass is 10.0. The van der Waals surface area contributed by atoms with Gasteiger partial charge in [-0.2, -0.15) is 0 Å². The van der Waals surface area contributed by atoms with Gasteiger partial charge < -0.3 is 13.6 Å². The molecule has 5 heteroatoms. The normalized spacial score (nSPS) is 12.2. The summed E-state index contributed by atoms with van der Waals surface area (Å²) in [7, 11) is 0. The number of rotatable bonds is 3. The molecule has 0 radical (unpaired) electrons. The van der Waals surface area contributed by atoms with E-state index in [1.807, 2.05) is 23.7 Å². The monoisotopic (exact) mass is 681 g/mol. The molecule has 0 aliphatic rings. The maximum absolute atomic E-state index is 6.45. The molecule has 5 aromatic heterocycles. The van der Waals surface area contributed by atoms with Crippen molar-refractivity contribution >= 4 is 97.1 Å². The van der Waals surface area contributed by atoms with E-state index >= 15 is 0 Å². The van der Waals surface area contributed by atoms with Crippen LogP contribution >= 0.6 is 11.3 Å². The molecule has 52 heavy (non-hydrogen) atoms. The van der Waals surface area contributed by atoms with Gasteiger partial charge in [-0.1, -0.05) is 96.3 Å². The summed E-state index contributed by atoms with van der Waals surface area (Å²) in [4.78, 5) is 6.95. The summed E-state index contributed by atoms with van der Waals surface area (Å²) in [6.45, 7) is 0. The molecule has 242 valence electrons. The molecule has 0 unspecified atom stereocenters. The van der Waals surface area contributed by atoms with E-state index in [0.29, 0.717) is 0 Å². The molecule has 0 fully saturated rings. The average molecular weight is 682 g/mol. The van der Waals surface area contributed by atoms with Gasteiger partial charge in [0.2, 0.25) is 0 Å². The van der Waals surface area contributed by atoms with Gasteiger partial charge in [0.25, 0.3) is 0 Å². The van der Waals surface area contributed by atoms with Crippen molar-refractivity contribution in [2.75, 3.05) is 0 Å². The molecular weight excluding hydrogens is 655 g/mol. The third-order valence-electron chi connectivity index (χ3n) is 10.8.